The van der Waals surface area contributed by atoms with Crippen LogP contribution in [0.3, 0.4) is 0 Å². The van der Waals surface area contributed by atoms with E-state index in [1.807, 2.05) is 42.5 Å². The highest BCUT2D eigenvalue weighted by molar-refractivity contribution is 5.89. The molecule has 5 heteroatoms. The van der Waals surface area contributed by atoms with Crippen molar-refractivity contribution in [1.29, 1.82) is 0 Å². The smallest absolute Gasteiger partial charge is 0.337 e. The number of imidazole rings is 1. The van der Waals surface area contributed by atoms with Crippen LogP contribution in [0.15, 0.2) is 72.8 Å². The number of ether oxygens (including phenoxy) is 1. The fraction of sp³-hybridized carbons (Fsp3) is 0.154. The lowest BCUT2D eigenvalue weighted by Crippen LogP contribution is -2.19. The maximum Gasteiger partial charge on any atom is 0.337 e. The van der Waals surface area contributed by atoms with Crippen molar-refractivity contribution in [2.45, 2.75) is 19.9 Å². The Balaban J connectivity index is 1.66. The highest BCUT2D eigenvalue weighted by Crippen LogP contribution is 2.37. The van der Waals surface area contributed by atoms with Gasteiger partial charge in [-0.2, -0.15) is 0 Å². The third-order valence-corrected chi connectivity index (χ3v) is 5.94. The maximum absolute atomic E-state index is 11.9. The normalized spacial score (nSPS) is 15.2. The van der Waals surface area contributed by atoms with Crippen LogP contribution >= 0.6 is 0 Å². The van der Waals surface area contributed by atoms with Crippen molar-refractivity contribution in [3.05, 3.63) is 101 Å². The van der Waals surface area contributed by atoms with Gasteiger partial charge in [-0.15, -0.1) is 0 Å². The van der Waals surface area contributed by atoms with E-state index in [4.69, 9.17) is 9.72 Å². The van der Waals surface area contributed by atoms with Gasteiger partial charge in [0.15, 0.2) is 0 Å². The molecule has 0 saturated carbocycles. The average Bonchev–Trinajstić information content (AvgIpc) is 3.18. The van der Waals surface area contributed by atoms with Crippen molar-refractivity contribution in [2.24, 2.45) is 0 Å². The zero-order valence-corrected chi connectivity index (χ0v) is 17.7. The minimum absolute atomic E-state index is 0.0630. The van der Waals surface area contributed by atoms with E-state index in [0.29, 0.717) is 5.56 Å². The number of nitrogens with zero attached hydrogens (tertiary/aromatic N) is 2. The van der Waals surface area contributed by atoms with E-state index in [1.165, 1.54) is 18.2 Å². The van der Waals surface area contributed by atoms with E-state index in [2.05, 4.69) is 54.1 Å². The molecule has 0 spiro atoms. The number of fused-ring (bicyclic) bond motifs is 3. The molecule has 5 nitrogen and oxygen atoms in total. The summed E-state index contributed by atoms with van der Waals surface area (Å²) in [6, 6.07) is 22.1. The first kappa shape index (κ1) is 19.1. The number of aromatic nitrogens is 2. The minimum atomic E-state index is -0.336. The molecule has 0 radical (unpaired) electrons. The fourth-order valence-electron chi connectivity index (χ4n) is 4.07. The van der Waals surface area contributed by atoms with Crippen molar-refractivity contribution in [1.82, 2.24) is 9.55 Å². The molecule has 1 atom stereocenters. The molecule has 0 amide bonds. The summed E-state index contributed by atoms with van der Waals surface area (Å²) in [5.74, 6) is 0.468. The third-order valence-electron chi connectivity index (χ3n) is 5.94. The number of hydrogen-bond acceptors (Lipinski definition) is 4. The van der Waals surface area contributed by atoms with Crippen LogP contribution < -0.4 is 5.32 Å². The van der Waals surface area contributed by atoms with Crippen LogP contribution in [0.5, 0.6) is 0 Å². The number of allylic oxidation sites excluding steroid dienone is 1. The fourth-order valence-corrected chi connectivity index (χ4v) is 4.07. The number of methoxy groups -OCH3 is 1. The van der Waals surface area contributed by atoms with Gasteiger partial charge in [0.25, 0.3) is 0 Å². The van der Waals surface area contributed by atoms with E-state index in [9.17, 15) is 4.79 Å². The topological polar surface area (TPSA) is 56.1 Å². The summed E-state index contributed by atoms with van der Waals surface area (Å²) in [6.07, 6.45) is 2.22. The first-order valence-corrected chi connectivity index (χ1v) is 10.3. The average molecular weight is 409 g/mol. The highest BCUT2D eigenvalue weighted by Gasteiger charge is 2.25. The number of nitrogens with one attached hydrogen (secondary N) is 1. The Morgan fingerprint density at radius 1 is 1.00 bits per heavy atom. The van der Waals surface area contributed by atoms with Gasteiger partial charge in [-0.25, -0.2) is 9.78 Å². The SMILES string of the molecule is COC(=O)c1ccc([C@@H]2C=C(c3ccc(C)c(C)c3)Nc3nc4ccccc4n32)cc1. The largest absolute Gasteiger partial charge is 0.465 e. The first-order chi connectivity index (χ1) is 15.0. The Kier molecular flexibility index (Phi) is 4.59. The number of aryl methyl sites for hydroxylation is 2. The predicted molar refractivity (Wildman–Crippen MR) is 123 cm³/mol. The highest BCUT2D eigenvalue weighted by atomic mass is 16.5. The van der Waals surface area contributed by atoms with E-state index in [-0.39, 0.29) is 12.0 Å². The van der Waals surface area contributed by atoms with Gasteiger partial charge >= 0.3 is 5.97 Å². The number of anilines is 1. The van der Waals surface area contributed by atoms with Gasteiger partial charge in [-0.3, -0.25) is 4.57 Å². The molecule has 154 valence electrons. The number of rotatable bonds is 3. The number of hydrogen-bond donors (Lipinski definition) is 1. The zero-order valence-electron chi connectivity index (χ0n) is 17.7. The second-order valence-corrected chi connectivity index (χ2v) is 7.86. The Morgan fingerprint density at radius 2 is 1.77 bits per heavy atom. The lowest BCUT2D eigenvalue weighted by Gasteiger charge is -2.27. The predicted octanol–water partition coefficient (Wildman–Crippen LogP) is 5.50. The summed E-state index contributed by atoms with van der Waals surface area (Å²) in [5, 5.41) is 3.53. The Labute approximate surface area is 181 Å². The molecule has 0 fully saturated rings. The molecule has 4 aromatic rings. The van der Waals surface area contributed by atoms with Crippen LogP contribution in [-0.2, 0) is 4.74 Å². The molecule has 1 aliphatic rings. The van der Waals surface area contributed by atoms with Crippen LogP contribution in [0.2, 0.25) is 0 Å². The van der Waals surface area contributed by atoms with Crippen LogP contribution in [0.25, 0.3) is 16.7 Å². The number of esters is 1. The van der Waals surface area contributed by atoms with E-state index >= 15 is 0 Å². The summed E-state index contributed by atoms with van der Waals surface area (Å²) in [5.41, 5.74) is 8.26. The molecule has 1 N–H and O–H groups in total. The van der Waals surface area contributed by atoms with Crippen molar-refractivity contribution in [3.63, 3.8) is 0 Å². The third kappa shape index (κ3) is 3.28. The van der Waals surface area contributed by atoms with Crippen LogP contribution in [0.4, 0.5) is 5.95 Å². The lowest BCUT2D eigenvalue weighted by atomic mass is 9.98. The molecule has 0 unspecified atom stereocenters. The maximum atomic E-state index is 11.9. The van der Waals surface area contributed by atoms with Gasteiger partial charge in [0.05, 0.1) is 29.7 Å². The zero-order chi connectivity index (χ0) is 21.5. The minimum Gasteiger partial charge on any atom is -0.465 e. The van der Waals surface area contributed by atoms with Gasteiger partial charge in [0, 0.05) is 5.70 Å². The number of para-hydroxylation sites is 2. The second-order valence-electron chi connectivity index (χ2n) is 7.86. The van der Waals surface area contributed by atoms with Crippen LogP contribution in [0, 0.1) is 13.8 Å². The Bertz CT molecular complexity index is 1330. The standard InChI is InChI=1S/C26H23N3O2/c1-16-8-9-20(14-17(16)2)22-15-24(18-10-12-19(13-11-18)25(30)31-3)29-23-7-5-4-6-21(23)27-26(29)28-22/h4-15,24H,1-3H3,(H,27,28)/t24-/m0/s1. The van der Waals surface area contributed by atoms with E-state index < -0.39 is 0 Å². The van der Waals surface area contributed by atoms with E-state index in [1.54, 1.807) is 0 Å². The van der Waals surface area contributed by atoms with Gasteiger partial charge in [0.1, 0.15) is 0 Å². The molecule has 0 aliphatic carbocycles. The summed E-state index contributed by atoms with van der Waals surface area (Å²) in [4.78, 5) is 16.7. The monoisotopic (exact) mass is 409 g/mol. The summed E-state index contributed by atoms with van der Waals surface area (Å²) >= 11 is 0. The van der Waals surface area contributed by atoms with Gasteiger partial charge in [-0.1, -0.05) is 36.4 Å². The molecular formula is C26H23N3O2. The lowest BCUT2D eigenvalue weighted by molar-refractivity contribution is 0.0600. The molecule has 31 heavy (non-hydrogen) atoms. The van der Waals surface area contributed by atoms with Crippen LogP contribution in [-0.4, -0.2) is 22.6 Å². The van der Waals surface area contributed by atoms with Gasteiger partial charge < -0.3 is 10.1 Å². The molecule has 3 aromatic carbocycles. The second kappa shape index (κ2) is 7.43. The number of carbonyl (C=O) groups is 1. The summed E-state index contributed by atoms with van der Waals surface area (Å²) < 4.78 is 7.04. The summed E-state index contributed by atoms with van der Waals surface area (Å²) in [6.45, 7) is 4.24. The molecule has 0 bridgehead atoms. The Hall–Kier alpha value is -3.86. The molecule has 1 aromatic heterocycles. The van der Waals surface area contributed by atoms with Crippen molar-refractivity contribution in [2.75, 3.05) is 12.4 Å². The van der Waals surface area contributed by atoms with Crippen LogP contribution in [0.1, 0.15) is 38.7 Å². The van der Waals surface area contributed by atoms with Gasteiger partial charge in [-0.05, 0) is 72.5 Å². The first-order valence-electron chi connectivity index (χ1n) is 10.3. The number of carbonyl (C=O) groups excluding carboxylic acids is 1. The Morgan fingerprint density at radius 3 is 2.52 bits per heavy atom. The van der Waals surface area contributed by atoms with E-state index in [0.717, 1.165) is 33.8 Å². The van der Waals surface area contributed by atoms with Crippen molar-refractivity contribution >= 4 is 28.6 Å². The molecular weight excluding hydrogens is 386 g/mol. The van der Waals surface area contributed by atoms with Crippen molar-refractivity contribution in [3.8, 4) is 0 Å². The quantitative estimate of drug-likeness (QED) is 0.454. The number of benzene rings is 3. The van der Waals surface area contributed by atoms with Gasteiger partial charge in [0.2, 0.25) is 5.95 Å². The molecule has 5 rings (SSSR count). The summed E-state index contributed by atoms with van der Waals surface area (Å²) in [7, 11) is 1.39. The van der Waals surface area contributed by atoms with Crippen molar-refractivity contribution < 1.29 is 9.53 Å². The molecule has 0 saturated heterocycles. The molecule has 2 heterocycles. The molecule has 1 aliphatic heterocycles.